The van der Waals surface area contributed by atoms with Crippen molar-refractivity contribution in [2.24, 2.45) is 0 Å². The van der Waals surface area contributed by atoms with Crippen LogP contribution >= 0.6 is 0 Å². The minimum Gasteiger partial charge on any atom is -0.439 e. The molecule has 7 heteroatoms. The molecule has 0 saturated carbocycles. The van der Waals surface area contributed by atoms with Crippen LogP contribution in [0, 0.1) is 0 Å². The number of aromatic nitrogens is 3. The number of nitrogens with one attached hydrogen (secondary N) is 1. The molecule has 0 spiro atoms. The van der Waals surface area contributed by atoms with Gasteiger partial charge in [-0.2, -0.15) is 5.10 Å². The standard InChI is InChI=1S/C22H21N5O2/c28-22(25-20-9-5-13-23-26-20)27-14-11-17(12-15-27)16-18-6-4-10-21(24-18)29-19-7-2-1-3-8-19/h1-10,13,16H,11-12,14-15H2,(H,25,26,28). The molecule has 0 radical (unpaired) electrons. The third kappa shape index (κ3) is 5.16. The van der Waals surface area contributed by atoms with Crippen LogP contribution in [0.1, 0.15) is 18.5 Å². The fourth-order valence-electron chi connectivity index (χ4n) is 3.08. The molecule has 2 amide bonds. The van der Waals surface area contributed by atoms with Crippen molar-refractivity contribution in [3.05, 3.63) is 78.1 Å². The molecule has 2 aromatic heterocycles. The average Bonchev–Trinajstić information content (AvgIpc) is 2.76. The molecule has 0 bridgehead atoms. The van der Waals surface area contributed by atoms with Crippen molar-refractivity contribution in [3.63, 3.8) is 0 Å². The van der Waals surface area contributed by atoms with Gasteiger partial charge in [0.25, 0.3) is 0 Å². The van der Waals surface area contributed by atoms with E-state index in [0.717, 1.165) is 24.3 Å². The Morgan fingerprint density at radius 2 is 1.83 bits per heavy atom. The maximum absolute atomic E-state index is 12.3. The second-order valence-electron chi connectivity index (χ2n) is 6.64. The summed E-state index contributed by atoms with van der Waals surface area (Å²) in [5, 5.41) is 10.4. The Bertz CT molecular complexity index is 982. The van der Waals surface area contributed by atoms with Crippen LogP contribution in [0.4, 0.5) is 10.6 Å². The van der Waals surface area contributed by atoms with E-state index in [1.54, 1.807) is 23.2 Å². The van der Waals surface area contributed by atoms with Crippen molar-refractivity contribution < 1.29 is 9.53 Å². The van der Waals surface area contributed by atoms with Crippen molar-refractivity contribution in [2.45, 2.75) is 12.8 Å². The highest BCUT2D eigenvalue weighted by atomic mass is 16.5. The monoisotopic (exact) mass is 387 g/mol. The van der Waals surface area contributed by atoms with Crippen molar-refractivity contribution in [3.8, 4) is 11.6 Å². The van der Waals surface area contributed by atoms with E-state index in [0.29, 0.717) is 24.8 Å². The van der Waals surface area contributed by atoms with Crippen LogP contribution in [0.3, 0.4) is 0 Å². The maximum Gasteiger partial charge on any atom is 0.323 e. The lowest BCUT2D eigenvalue weighted by Crippen LogP contribution is -2.39. The van der Waals surface area contributed by atoms with Gasteiger partial charge in [-0.1, -0.05) is 29.8 Å². The highest BCUT2D eigenvalue weighted by molar-refractivity contribution is 5.88. The number of hydrogen-bond acceptors (Lipinski definition) is 5. The van der Waals surface area contributed by atoms with Crippen molar-refractivity contribution >= 4 is 17.9 Å². The molecular formula is C22H21N5O2. The minimum absolute atomic E-state index is 0.152. The Labute approximate surface area is 169 Å². The molecule has 0 atom stereocenters. The Morgan fingerprint density at radius 3 is 2.59 bits per heavy atom. The number of para-hydroxylation sites is 1. The highest BCUT2D eigenvalue weighted by Gasteiger charge is 2.19. The normalized spacial score (nSPS) is 13.7. The van der Waals surface area contributed by atoms with Crippen LogP contribution in [-0.2, 0) is 0 Å². The molecule has 0 aliphatic carbocycles. The summed E-state index contributed by atoms with van der Waals surface area (Å²) in [4.78, 5) is 18.7. The number of hydrogen-bond donors (Lipinski definition) is 1. The van der Waals surface area contributed by atoms with E-state index in [2.05, 4.69) is 26.6 Å². The van der Waals surface area contributed by atoms with E-state index in [9.17, 15) is 4.79 Å². The van der Waals surface area contributed by atoms with Gasteiger partial charge in [-0.15, -0.1) is 5.10 Å². The quantitative estimate of drug-likeness (QED) is 0.719. The molecule has 4 rings (SSSR count). The van der Waals surface area contributed by atoms with E-state index >= 15 is 0 Å². The maximum atomic E-state index is 12.3. The number of nitrogens with zero attached hydrogens (tertiary/aromatic N) is 4. The summed E-state index contributed by atoms with van der Waals surface area (Å²) in [6, 6.07) is 18.6. The lowest BCUT2D eigenvalue weighted by Gasteiger charge is -2.28. The molecule has 3 aromatic rings. The van der Waals surface area contributed by atoms with Gasteiger partial charge < -0.3 is 9.64 Å². The van der Waals surface area contributed by atoms with E-state index in [1.807, 2.05) is 48.5 Å². The number of anilines is 1. The van der Waals surface area contributed by atoms with Gasteiger partial charge in [0.1, 0.15) is 5.75 Å². The first-order chi connectivity index (χ1) is 14.3. The number of urea groups is 1. The van der Waals surface area contributed by atoms with Gasteiger partial charge in [0.2, 0.25) is 5.88 Å². The summed E-state index contributed by atoms with van der Waals surface area (Å²) in [6.45, 7) is 1.30. The predicted molar refractivity (Wildman–Crippen MR) is 111 cm³/mol. The molecule has 3 heterocycles. The fraction of sp³-hybridized carbons (Fsp3) is 0.182. The van der Waals surface area contributed by atoms with Crippen molar-refractivity contribution in [1.29, 1.82) is 0 Å². The molecule has 146 valence electrons. The molecule has 1 saturated heterocycles. The van der Waals surface area contributed by atoms with Crippen molar-refractivity contribution in [2.75, 3.05) is 18.4 Å². The molecule has 1 fully saturated rings. The average molecular weight is 387 g/mol. The van der Waals surface area contributed by atoms with Gasteiger partial charge in [-0.25, -0.2) is 9.78 Å². The molecule has 0 unspecified atom stereocenters. The molecule has 1 aliphatic rings. The molecule has 1 aliphatic heterocycles. The van der Waals surface area contributed by atoms with Crippen LogP contribution in [0.2, 0.25) is 0 Å². The Morgan fingerprint density at radius 1 is 1.00 bits per heavy atom. The highest BCUT2D eigenvalue weighted by Crippen LogP contribution is 2.22. The van der Waals surface area contributed by atoms with Crippen LogP contribution < -0.4 is 10.1 Å². The SMILES string of the molecule is O=C(Nc1cccnn1)N1CCC(=Cc2cccc(Oc3ccccc3)n2)CC1. The van der Waals surface area contributed by atoms with Crippen LogP contribution in [0.15, 0.2) is 72.4 Å². The smallest absolute Gasteiger partial charge is 0.323 e. The minimum atomic E-state index is -0.152. The summed E-state index contributed by atoms with van der Waals surface area (Å²) in [6.07, 6.45) is 5.26. The zero-order chi connectivity index (χ0) is 19.9. The summed E-state index contributed by atoms with van der Waals surface area (Å²) in [5.74, 6) is 1.77. The number of carbonyl (C=O) groups excluding carboxylic acids is 1. The molecule has 29 heavy (non-hydrogen) atoms. The van der Waals surface area contributed by atoms with Gasteiger partial charge in [0.05, 0.1) is 5.69 Å². The zero-order valence-electron chi connectivity index (χ0n) is 15.9. The first-order valence-corrected chi connectivity index (χ1v) is 9.49. The third-order valence-corrected chi connectivity index (χ3v) is 4.56. The number of piperidine rings is 1. The van der Waals surface area contributed by atoms with Gasteiger partial charge >= 0.3 is 6.03 Å². The number of rotatable bonds is 4. The van der Waals surface area contributed by atoms with E-state index < -0.39 is 0 Å². The van der Waals surface area contributed by atoms with E-state index in [-0.39, 0.29) is 6.03 Å². The van der Waals surface area contributed by atoms with E-state index in [4.69, 9.17) is 4.74 Å². The Kier molecular flexibility index (Phi) is 5.76. The predicted octanol–water partition coefficient (Wildman–Crippen LogP) is 4.38. The summed E-state index contributed by atoms with van der Waals surface area (Å²) in [5.41, 5.74) is 2.11. The topological polar surface area (TPSA) is 80.2 Å². The summed E-state index contributed by atoms with van der Waals surface area (Å²) >= 11 is 0. The molecule has 1 N–H and O–H groups in total. The largest absolute Gasteiger partial charge is 0.439 e. The van der Waals surface area contributed by atoms with Gasteiger partial charge in [0.15, 0.2) is 5.82 Å². The zero-order valence-corrected chi connectivity index (χ0v) is 15.9. The number of likely N-dealkylation sites (tertiary alicyclic amines) is 1. The number of benzene rings is 1. The van der Waals surface area contributed by atoms with Crippen LogP contribution in [-0.4, -0.2) is 39.2 Å². The number of pyridine rings is 1. The second kappa shape index (κ2) is 8.97. The second-order valence-corrected chi connectivity index (χ2v) is 6.64. The van der Waals surface area contributed by atoms with Crippen LogP contribution in [0.5, 0.6) is 11.6 Å². The first-order valence-electron chi connectivity index (χ1n) is 9.49. The third-order valence-electron chi connectivity index (χ3n) is 4.56. The summed E-state index contributed by atoms with van der Waals surface area (Å²) < 4.78 is 5.80. The number of ether oxygens (including phenoxy) is 1. The molecular weight excluding hydrogens is 366 g/mol. The van der Waals surface area contributed by atoms with Gasteiger partial charge in [-0.3, -0.25) is 5.32 Å². The molecule has 7 nitrogen and oxygen atoms in total. The first kappa shape index (κ1) is 18.6. The van der Waals surface area contributed by atoms with E-state index in [1.165, 1.54) is 5.57 Å². The lowest BCUT2D eigenvalue weighted by molar-refractivity contribution is 0.207. The molecule has 1 aromatic carbocycles. The number of carbonyl (C=O) groups is 1. The number of amides is 2. The Hall–Kier alpha value is -3.74. The fourth-order valence-corrected chi connectivity index (χ4v) is 3.08. The van der Waals surface area contributed by atoms with Gasteiger partial charge in [-0.05, 0) is 49.2 Å². The lowest BCUT2D eigenvalue weighted by atomic mass is 10.0. The van der Waals surface area contributed by atoms with Gasteiger partial charge in [0, 0.05) is 25.4 Å². The Balaban J connectivity index is 1.35. The summed E-state index contributed by atoms with van der Waals surface area (Å²) in [7, 11) is 0. The van der Waals surface area contributed by atoms with Crippen LogP contribution in [0.25, 0.3) is 6.08 Å². The van der Waals surface area contributed by atoms with Crippen molar-refractivity contribution in [1.82, 2.24) is 20.1 Å².